The molecule has 0 saturated carbocycles. The van der Waals surface area contributed by atoms with Crippen molar-refractivity contribution in [1.82, 2.24) is 29.6 Å². The number of aryl methyl sites for hydroxylation is 1. The SMILES string of the molecule is COCC[C@H]1CN(C(C)c2ccc3nccnc3c2)[C@H](C)CN1c1cc(=O)n(C)c2c[nH]nc12. The number of H-pyrrole nitrogens is 1. The number of aromatic nitrogens is 5. The number of benzene rings is 1. The summed E-state index contributed by atoms with van der Waals surface area (Å²) in [7, 11) is 3.51. The highest BCUT2D eigenvalue weighted by Gasteiger charge is 2.35. The van der Waals surface area contributed by atoms with E-state index < -0.39 is 0 Å². The van der Waals surface area contributed by atoms with E-state index in [0.717, 1.165) is 47.3 Å². The van der Waals surface area contributed by atoms with Gasteiger partial charge in [0.05, 0.1) is 22.2 Å². The molecule has 3 atom stereocenters. The Balaban J connectivity index is 1.48. The summed E-state index contributed by atoms with van der Waals surface area (Å²) in [4.78, 5) is 26.5. The van der Waals surface area contributed by atoms with Crippen molar-refractivity contribution in [3.8, 4) is 0 Å². The molecule has 1 fully saturated rings. The lowest BCUT2D eigenvalue weighted by Crippen LogP contribution is -2.58. The van der Waals surface area contributed by atoms with Crippen LogP contribution in [-0.4, -0.2) is 68.5 Å². The van der Waals surface area contributed by atoms with E-state index >= 15 is 0 Å². The number of aromatic amines is 1. The van der Waals surface area contributed by atoms with Crippen molar-refractivity contribution in [3.63, 3.8) is 0 Å². The Kier molecular flexibility index (Phi) is 6.05. The van der Waals surface area contributed by atoms with Crippen LogP contribution in [-0.2, 0) is 11.8 Å². The van der Waals surface area contributed by atoms with E-state index in [1.165, 1.54) is 5.56 Å². The average molecular weight is 462 g/mol. The van der Waals surface area contributed by atoms with Gasteiger partial charge in [0, 0.05) is 76.6 Å². The summed E-state index contributed by atoms with van der Waals surface area (Å²) in [5.41, 5.74) is 5.54. The molecular formula is C25H31N7O2. The molecule has 3 aromatic heterocycles. The molecule has 1 aliphatic heterocycles. The molecule has 5 rings (SSSR count). The first-order valence-corrected chi connectivity index (χ1v) is 11.7. The predicted molar refractivity (Wildman–Crippen MR) is 133 cm³/mol. The van der Waals surface area contributed by atoms with Crippen LogP contribution in [0.15, 0.2) is 47.7 Å². The number of pyridine rings is 1. The first-order valence-electron chi connectivity index (χ1n) is 11.7. The minimum absolute atomic E-state index is 0.0323. The topological polar surface area (TPSA) is 92.2 Å². The second-order valence-corrected chi connectivity index (χ2v) is 9.16. The molecule has 0 bridgehead atoms. The van der Waals surface area contributed by atoms with Crippen molar-refractivity contribution < 1.29 is 4.74 Å². The molecule has 1 aromatic carbocycles. The van der Waals surface area contributed by atoms with Crippen LogP contribution in [0.25, 0.3) is 22.1 Å². The van der Waals surface area contributed by atoms with E-state index in [1.807, 2.05) is 6.07 Å². The summed E-state index contributed by atoms with van der Waals surface area (Å²) in [5, 5.41) is 7.42. The molecule has 1 aliphatic rings. The highest BCUT2D eigenvalue weighted by Crippen LogP contribution is 2.33. The Hall–Kier alpha value is -3.30. The average Bonchev–Trinajstić information content (AvgIpc) is 3.35. The summed E-state index contributed by atoms with van der Waals surface area (Å²) in [6, 6.07) is 8.73. The number of fused-ring (bicyclic) bond motifs is 2. The lowest BCUT2D eigenvalue weighted by molar-refractivity contribution is 0.100. The van der Waals surface area contributed by atoms with Crippen LogP contribution < -0.4 is 10.5 Å². The molecule has 1 saturated heterocycles. The van der Waals surface area contributed by atoms with Gasteiger partial charge in [0.2, 0.25) is 0 Å². The molecule has 178 valence electrons. The van der Waals surface area contributed by atoms with Gasteiger partial charge >= 0.3 is 0 Å². The van der Waals surface area contributed by atoms with Crippen LogP contribution >= 0.6 is 0 Å². The Bertz CT molecular complexity index is 1360. The van der Waals surface area contributed by atoms with E-state index in [1.54, 1.807) is 43.4 Å². The number of rotatable bonds is 6. The van der Waals surface area contributed by atoms with Crippen molar-refractivity contribution in [1.29, 1.82) is 0 Å². The van der Waals surface area contributed by atoms with Gasteiger partial charge in [-0.2, -0.15) is 5.10 Å². The maximum atomic E-state index is 12.7. The second-order valence-electron chi connectivity index (χ2n) is 9.16. The summed E-state index contributed by atoms with van der Waals surface area (Å²) < 4.78 is 7.09. The standard InChI is InChI=1S/C25H31N7O2/c1-16-14-32(22-12-24(33)30(3)23-13-28-29-25(22)23)19(7-10-34-4)15-31(16)17(2)18-5-6-20-21(11-18)27-9-8-26-20/h5-6,8-9,11-13,16-17,19H,7,10,14-15H2,1-4H3,(H,28,29)/t16-,17?,19+/m1/s1. The highest BCUT2D eigenvalue weighted by molar-refractivity contribution is 5.88. The van der Waals surface area contributed by atoms with Gasteiger partial charge in [0.15, 0.2) is 0 Å². The number of methoxy groups -OCH3 is 1. The third-order valence-electron chi connectivity index (χ3n) is 7.14. The van der Waals surface area contributed by atoms with Crippen LogP contribution in [0.5, 0.6) is 0 Å². The minimum atomic E-state index is -0.0323. The van der Waals surface area contributed by atoms with E-state index in [4.69, 9.17) is 4.74 Å². The highest BCUT2D eigenvalue weighted by atomic mass is 16.5. The molecule has 1 unspecified atom stereocenters. The first kappa shape index (κ1) is 22.5. The van der Waals surface area contributed by atoms with Crippen molar-refractivity contribution >= 4 is 27.8 Å². The van der Waals surface area contributed by atoms with Crippen LogP contribution in [0.1, 0.15) is 31.9 Å². The summed E-state index contributed by atoms with van der Waals surface area (Å²) in [5.74, 6) is 0. The fourth-order valence-corrected chi connectivity index (χ4v) is 5.18. The molecule has 0 amide bonds. The Morgan fingerprint density at radius 3 is 2.76 bits per heavy atom. The number of piperazine rings is 1. The fraction of sp³-hybridized carbons (Fsp3) is 0.440. The van der Waals surface area contributed by atoms with Gasteiger partial charge in [-0.05, 0) is 38.0 Å². The largest absolute Gasteiger partial charge is 0.385 e. The molecule has 1 N–H and O–H groups in total. The van der Waals surface area contributed by atoms with E-state index in [-0.39, 0.29) is 23.7 Å². The van der Waals surface area contributed by atoms with Crippen LogP contribution in [0, 0.1) is 0 Å². The Morgan fingerprint density at radius 2 is 1.97 bits per heavy atom. The summed E-state index contributed by atoms with van der Waals surface area (Å²) in [6.07, 6.45) is 6.10. The quantitative estimate of drug-likeness (QED) is 0.472. The number of nitrogens with one attached hydrogen (secondary N) is 1. The molecule has 9 heteroatoms. The van der Waals surface area contributed by atoms with E-state index in [9.17, 15) is 4.79 Å². The van der Waals surface area contributed by atoms with Gasteiger partial charge in [-0.15, -0.1) is 0 Å². The normalized spacial score (nSPS) is 20.3. The number of hydrogen-bond acceptors (Lipinski definition) is 7. The second kappa shape index (κ2) is 9.15. The molecule has 0 radical (unpaired) electrons. The summed E-state index contributed by atoms with van der Waals surface area (Å²) in [6.45, 7) is 6.80. The lowest BCUT2D eigenvalue weighted by atomic mass is 9.98. The van der Waals surface area contributed by atoms with Gasteiger partial charge in [-0.1, -0.05) is 6.07 Å². The lowest BCUT2D eigenvalue weighted by Gasteiger charge is -2.48. The zero-order valence-electron chi connectivity index (χ0n) is 20.1. The molecule has 4 aromatic rings. The number of anilines is 1. The minimum Gasteiger partial charge on any atom is -0.385 e. The third-order valence-corrected chi connectivity index (χ3v) is 7.14. The molecule has 34 heavy (non-hydrogen) atoms. The fourth-order valence-electron chi connectivity index (χ4n) is 5.18. The van der Waals surface area contributed by atoms with Gasteiger partial charge in [-0.25, -0.2) is 0 Å². The molecule has 0 spiro atoms. The maximum Gasteiger partial charge on any atom is 0.252 e. The van der Waals surface area contributed by atoms with Crippen LogP contribution in [0.4, 0.5) is 5.69 Å². The number of hydrogen-bond donors (Lipinski definition) is 1. The number of nitrogens with zero attached hydrogens (tertiary/aromatic N) is 6. The van der Waals surface area contributed by atoms with Gasteiger partial charge in [-0.3, -0.25) is 24.8 Å². The monoisotopic (exact) mass is 461 g/mol. The molecule has 4 heterocycles. The maximum absolute atomic E-state index is 12.7. The van der Waals surface area contributed by atoms with Crippen molar-refractivity contribution in [2.75, 3.05) is 31.7 Å². The summed E-state index contributed by atoms with van der Waals surface area (Å²) >= 11 is 0. The van der Waals surface area contributed by atoms with Gasteiger partial charge in [0.25, 0.3) is 5.56 Å². The number of ether oxygens (including phenoxy) is 1. The molecular weight excluding hydrogens is 430 g/mol. The smallest absolute Gasteiger partial charge is 0.252 e. The van der Waals surface area contributed by atoms with Crippen molar-refractivity contribution in [2.24, 2.45) is 7.05 Å². The Morgan fingerprint density at radius 1 is 1.18 bits per heavy atom. The molecule has 0 aliphatic carbocycles. The van der Waals surface area contributed by atoms with Crippen molar-refractivity contribution in [3.05, 3.63) is 58.8 Å². The van der Waals surface area contributed by atoms with Gasteiger partial charge in [0.1, 0.15) is 5.52 Å². The first-order chi connectivity index (χ1) is 16.5. The Labute approximate surface area is 198 Å². The van der Waals surface area contributed by atoms with E-state index in [2.05, 4.69) is 55.9 Å². The third kappa shape index (κ3) is 3.95. The zero-order chi connectivity index (χ0) is 23.8. The van der Waals surface area contributed by atoms with Crippen molar-refractivity contribution in [2.45, 2.75) is 38.4 Å². The van der Waals surface area contributed by atoms with E-state index in [0.29, 0.717) is 6.61 Å². The molecule has 9 nitrogen and oxygen atoms in total. The van der Waals surface area contributed by atoms with Gasteiger partial charge < -0.3 is 14.2 Å². The predicted octanol–water partition coefficient (Wildman–Crippen LogP) is 2.88. The zero-order valence-corrected chi connectivity index (χ0v) is 20.1. The van der Waals surface area contributed by atoms with Crippen LogP contribution in [0.3, 0.4) is 0 Å². The van der Waals surface area contributed by atoms with Crippen LogP contribution in [0.2, 0.25) is 0 Å².